The van der Waals surface area contributed by atoms with Crippen molar-refractivity contribution in [2.45, 2.75) is 5.92 Å². The molecule has 0 bridgehead atoms. The van der Waals surface area contributed by atoms with Crippen molar-refractivity contribution in [3.05, 3.63) is 75.6 Å². The summed E-state index contributed by atoms with van der Waals surface area (Å²) in [4.78, 5) is 13.7. The molecular weight excluding hydrogens is 304 g/mol. The fraction of sp³-hybridized carbons (Fsp3) is 0.158. The van der Waals surface area contributed by atoms with Crippen molar-refractivity contribution in [3.63, 3.8) is 0 Å². The van der Waals surface area contributed by atoms with Crippen molar-refractivity contribution in [3.8, 4) is 6.07 Å². The maximum atomic E-state index is 12.7. The quantitative estimate of drug-likeness (QED) is 0.922. The molecule has 4 rings (SSSR count). The number of rotatable bonds is 2. The second-order valence-electron chi connectivity index (χ2n) is 5.85. The highest BCUT2D eigenvalue weighted by molar-refractivity contribution is 7.11. The highest BCUT2D eigenvalue weighted by Crippen LogP contribution is 2.54. The molecule has 0 radical (unpaired) electrons. The number of nitriles is 1. The zero-order valence-corrected chi connectivity index (χ0v) is 13.1. The van der Waals surface area contributed by atoms with Crippen LogP contribution < -0.4 is 5.73 Å². The first-order valence-corrected chi connectivity index (χ1v) is 8.34. The minimum Gasteiger partial charge on any atom is -0.401 e. The lowest BCUT2D eigenvalue weighted by molar-refractivity contribution is -0.118. The minimum absolute atomic E-state index is 0.0699. The lowest BCUT2D eigenvalue weighted by atomic mass is 9.80. The summed E-state index contributed by atoms with van der Waals surface area (Å²) >= 11 is 1.60. The van der Waals surface area contributed by atoms with Crippen LogP contribution in [0, 0.1) is 23.2 Å². The summed E-state index contributed by atoms with van der Waals surface area (Å²) in [5.74, 6) is -0.641. The van der Waals surface area contributed by atoms with E-state index in [1.807, 2.05) is 47.8 Å². The summed E-state index contributed by atoms with van der Waals surface area (Å²) < 4.78 is 0. The van der Waals surface area contributed by atoms with Crippen LogP contribution in [0.25, 0.3) is 5.57 Å². The van der Waals surface area contributed by atoms with Gasteiger partial charge in [0.1, 0.15) is 0 Å². The summed E-state index contributed by atoms with van der Waals surface area (Å²) in [6.07, 6.45) is 1.72. The number of benzene rings is 1. The first-order valence-electron chi connectivity index (χ1n) is 7.46. The molecule has 23 heavy (non-hydrogen) atoms. The predicted molar refractivity (Wildman–Crippen MR) is 90.3 cm³/mol. The lowest BCUT2D eigenvalue weighted by Gasteiger charge is -2.20. The Morgan fingerprint density at radius 2 is 1.87 bits per heavy atom. The fourth-order valence-electron chi connectivity index (χ4n) is 3.78. The van der Waals surface area contributed by atoms with Gasteiger partial charge in [0.2, 0.25) is 0 Å². The Bertz CT molecular complexity index is 872. The van der Waals surface area contributed by atoms with E-state index in [9.17, 15) is 10.1 Å². The zero-order valence-electron chi connectivity index (χ0n) is 12.3. The van der Waals surface area contributed by atoms with Crippen molar-refractivity contribution in [1.29, 1.82) is 5.26 Å². The van der Waals surface area contributed by atoms with Gasteiger partial charge in [0, 0.05) is 28.3 Å². The third-order valence-corrected chi connectivity index (χ3v) is 5.64. The van der Waals surface area contributed by atoms with Gasteiger partial charge < -0.3 is 5.73 Å². The Labute approximate surface area is 138 Å². The van der Waals surface area contributed by atoms with Gasteiger partial charge in [-0.05, 0) is 28.7 Å². The number of carbonyl (C=O) groups excluding carboxylic acids is 1. The molecule has 0 amide bonds. The Morgan fingerprint density at radius 1 is 1.09 bits per heavy atom. The summed E-state index contributed by atoms with van der Waals surface area (Å²) in [5.41, 5.74) is 9.36. The van der Waals surface area contributed by atoms with E-state index in [0.29, 0.717) is 11.3 Å². The van der Waals surface area contributed by atoms with Crippen molar-refractivity contribution in [1.82, 2.24) is 0 Å². The maximum absolute atomic E-state index is 12.7. The molecule has 1 aromatic carbocycles. The topological polar surface area (TPSA) is 66.9 Å². The van der Waals surface area contributed by atoms with Gasteiger partial charge in [-0.15, -0.1) is 11.3 Å². The van der Waals surface area contributed by atoms with E-state index in [1.54, 1.807) is 17.4 Å². The van der Waals surface area contributed by atoms with E-state index in [4.69, 9.17) is 5.73 Å². The van der Waals surface area contributed by atoms with E-state index in [-0.39, 0.29) is 23.5 Å². The Kier molecular flexibility index (Phi) is 3.17. The molecule has 112 valence electrons. The minimum atomic E-state index is -0.288. The lowest BCUT2D eigenvalue weighted by Crippen LogP contribution is -2.21. The van der Waals surface area contributed by atoms with E-state index < -0.39 is 0 Å². The number of nitrogens with two attached hydrogens (primary N) is 1. The van der Waals surface area contributed by atoms with Gasteiger partial charge in [-0.1, -0.05) is 36.4 Å². The Balaban J connectivity index is 1.85. The van der Waals surface area contributed by atoms with Gasteiger partial charge in [-0.25, -0.2) is 0 Å². The third kappa shape index (κ3) is 1.97. The smallest absolute Gasteiger partial charge is 0.161 e. The molecule has 0 saturated heterocycles. The van der Waals surface area contributed by atoms with Crippen LogP contribution >= 0.6 is 11.3 Å². The summed E-state index contributed by atoms with van der Waals surface area (Å²) in [7, 11) is 0. The maximum Gasteiger partial charge on any atom is 0.161 e. The SMILES string of the molecule is N#CC1=C(N)[C@@H]2C(c3cccs3)=CC(=O)[C@@H]2[C@H]1c1ccccc1. The second-order valence-corrected chi connectivity index (χ2v) is 6.80. The van der Waals surface area contributed by atoms with Crippen LogP contribution in [0.3, 0.4) is 0 Å². The van der Waals surface area contributed by atoms with Crippen LogP contribution in [0.5, 0.6) is 0 Å². The normalized spacial score (nSPS) is 26.1. The van der Waals surface area contributed by atoms with Gasteiger partial charge >= 0.3 is 0 Å². The average molecular weight is 318 g/mol. The predicted octanol–water partition coefficient (Wildman–Crippen LogP) is 3.48. The largest absolute Gasteiger partial charge is 0.401 e. The molecule has 2 aromatic rings. The molecule has 4 heteroatoms. The molecule has 2 aliphatic rings. The van der Waals surface area contributed by atoms with Crippen molar-refractivity contribution in [2.75, 3.05) is 0 Å². The zero-order chi connectivity index (χ0) is 16.0. The number of carbonyl (C=O) groups is 1. The van der Waals surface area contributed by atoms with Crippen LogP contribution in [0.15, 0.2) is 65.2 Å². The van der Waals surface area contributed by atoms with E-state index >= 15 is 0 Å². The van der Waals surface area contributed by atoms with Gasteiger partial charge in [-0.2, -0.15) is 5.26 Å². The van der Waals surface area contributed by atoms with Crippen molar-refractivity contribution in [2.24, 2.45) is 17.6 Å². The molecule has 1 heterocycles. The molecule has 0 saturated carbocycles. The van der Waals surface area contributed by atoms with Crippen LogP contribution in [-0.2, 0) is 4.79 Å². The van der Waals surface area contributed by atoms with E-state index in [2.05, 4.69) is 6.07 Å². The van der Waals surface area contributed by atoms with Crippen molar-refractivity contribution < 1.29 is 4.79 Å². The Hall–Kier alpha value is -2.64. The molecule has 0 spiro atoms. The summed E-state index contributed by atoms with van der Waals surface area (Å²) in [6.45, 7) is 0. The molecular formula is C19H14N2OS. The van der Waals surface area contributed by atoms with E-state index in [0.717, 1.165) is 16.0 Å². The van der Waals surface area contributed by atoms with Crippen molar-refractivity contribution >= 4 is 22.7 Å². The highest BCUT2D eigenvalue weighted by Gasteiger charge is 2.51. The van der Waals surface area contributed by atoms with Crippen LogP contribution in [0.4, 0.5) is 0 Å². The van der Waals surface area contributed by atoms with Crippen LogP contribution in [0.2, 0.25) is 0 Å². The number of hydrogen-bond acceptors (Lipinski definition) is 4. The number of ketones is 1. The fourth-order valence-corrected chi connectivity index (χ4v) is 4.56. The first kappa shape index (κ1) is 14.0. The highest BCUT2D eigenvalue weighted by atomic mass is 32.1. The first-order chi connectivity index (χ1) is 11.2. The van der Waals surface area contributed by atoms with E-state index in [1.165, 1.54) is 0 Å². The summed E-state index contributed by atoms with van der Waals surface area (Å²) in [6, 6.07) is 15.9. The molecule has 0 aliphatic heterocycles. The molecule has 0 unspecified atom stereocenters. The molecule has 2 N–H and O–H groups in total. The molecule has 3 atom stereocenters. The third-order valence-electron chi connectivity index (χ3n) is 4.72. The van der Waals surface area contributed by atoms with Gasteiger partial charge in [0.15, 0.2) is 5.78 Å². The number of fused-ring (bicyclic) bond motifs is 1. The molecule has 2 aliphatic carbocycles. The second kappa shape index (κ2) is 5.22. The number of allylic oxidation sites excluding steroid dienone is 3. The molecule has 3 nitrogen and oxygen atoms in total. The summed E-state index contributed by atoms with van der Waals surface area (Å²) in [5, 5.41) is 11.6. The van der Waals surface area contributed by atoms with Crippen LogP contribution in [0.1, 0.15) is 16.4 Å². The number of hydrogen-bond donors (Lipinski definition) is 1. The van der Waals surface area contributed by atoms with Crippen LogP contribution in [-0.4, -0.2) is 5.78 Å². The Morgan fingerprint density at radius 3 is 2.52 bits per heavy atom. The molecule has 1 aromatic heterocycles. The van der Waals surface area contributed by atoms with Gasteiger partial charge in [0.05, 0.1) is 11.6 Å². The standard InChI is InChI=1S/C19H14N2OS/c20-10-13-16(11-5-2-1-3-6-11)18-14(22)9-12(17(18)19(13)21)15-7-4-8-23-15/h1-9,16-18H,21H2/t16-,17+,18+/m0/s1. The molecule has 0 fully saturated rings. The number of thiophene rings is 1. The number of nitrogens with zero attached hydrogens (tertiary/aromatic N) is 1. The van der Waals surface area contributed by atoms with Gasteiger partial charge in [0.25, 0.3) is 0 Å². The average Bonchev–Trinajstić information content (AvgIpc) is 3.26. The van der Waals surface area contributed by atoms with Gasteiger partial charge in [-0.3, -0.25) is 4.79 Å². The monoisotopic (exact) mass is 318 g/mol.